The van der Waals surface area contributed by atoms with Crippen molar-refractivity contribution in [3.05, 3.63) is 71.1 Å². The maximum Gasteiger partial charge on any atom is 0.435 e. The number of carbonyl (C=O) groups excluding carboxylic acids is 2. The quantitative estimate of drug-likeness (QED) is 0.0770. The fraction of sp³-hybridized carbons (Fsp3) is 0.393. The summed E-state index contributed by atoms with van der Waals surface area (Å²) in [5, 5.41) is 20.1. The summed E-state index contributed by atoms with van der Waals surface area (Å²) in [5.74, 6) is -1.69. The van der Waals surface area contributed by atoms with E-state index in [9.17, 15) is 36.4 Å². The predicted octanol–water partition coefficient (Wildman–Crippen LogP) is 4.74. The van der Waals surface area contributed by atoms with Gasteiger partial charge in [0.05, 0.1) is 32.7 Å². The van der Waals surface area contributed by atoms with E-state index in [-0.39, 0.29) is 21.2 Å². The lowest BCUT2D eigenvalue weighted by Gasteiger charge is -2.21. The van der Waals surface area contributed by atoms with Gasteiger partial charge in [-0.15, -0.1) is 5.01 Å². The van der Waals surface area contributed by atoms with E-state index in [4.69, 9.17) is 4.74 Å². The number of nitrogens with zero attached hydrogens (tertiary/aromatic N) is 5. The highest BCUT2D eigenvalue weighted by atomic mass is 32.2. The number of carbonyl (C=O) groups is 2. The van der Waals surface area contributed by atoms with Crippen molar-refractivity contribution in [1.29, 1.82) is 0 Å². The second-order valence-corrected chi connectivity index (χ2v) is 12.8. The topological polar surface area (TPSA) is 158 Å². The molecule has 0 aliphatic rings. The first-order chi connectivity index (χ1) is 20.8. The number of ether oxygens (including phenoxy) is 1. The largest absolute Gasteiger partial charge is 0.569 e. The number of hydrogen-bond acceptors (Lipinski definition) is 9. The third-order valence-corrected chi connectivity index (χ3v) is 7.48. The zero-order valence-electron chi connectivity index (χ0n) is 25.3. The van der Waals surface area contributed by atoms with Crippen LogP contribution < -0.4 is 4.72 Å². The number of aromatic nitrogens is 2. The van der Waals surface area contributed by atoms with Gasteiger partial charge in [-0.2, -0.15) is 18.3 Å². The van der Waals surface area contributed by atoms with Crippen LogP contribution in [0.25, 0.3) is 16.9 Å². The van der Waals surface area contributed by atoms with E-state index < -0.39 is 58.6 Å². The summed E-state index contributed by atoms with van der Waals surface area (Å²) in [4.78, 5) is 28.6. The number of alkyl halides is 3. The summed E-state index contributed by atoms with van der Waals surface area (Å²) in [6.07, 6.45) is -4.72. The molecule has 2 aromatic carbocycles. The van der Waals surface area contributed by atoms with Crippen molar-refractivity contribution in [2.45, 2.75) is 58.7 Å². The SMILES string of the molecule is Cc1ccc(-c2cc(C(F)(F)F)nn2-c2ccc(S(=O)(=O)NC(=O)CN(C(C)C)/[N+]([O-])=N/OCOC(=O)C(C)(C)C)cc2)cc1. The Labute approximate surface area is 257 Å². The van der Waals surface area contributed by atoms with Crippen LogP contribution in [0.4, 0.5) is 13.2 Å². The van der Waals surface area contributed by atoms with Gasteiger partial charge in [0.1, 0.15) is 0 Å². The van der Waals surface area contributed by atoms with Crippen molar-refractivity contribution < 1.29 is 45.7 Å². The standard InChI is InChI=1S/C28H33F3N6O7S/c1-18(2)35(37(40)34-44-17-43-26(39)27(4,5)6)16-25(38)33-45(41,42)22-13-11-21(12-14-22)36-23(15-24(32-36)28(29,30)31)20-9-7-19(3)8-10-20/h7-15,18H,16-17H2,1-6H3,(H,33,38)/b37-34-. The van der Waals surface area contributed by atoms with Crippen molar-refractivity contribution in [3.63, 3.8) is 0 Å². The van der Waals surface area contributed by atoms with Gasteiger partial charge in [0, 0.05) is 5.56 Å². The summed E-state index contributed by atoms with van der Waals surface area (Å²) in [6, 6.07) is 11.7. The fourth-order valence-corrected chi connectivity index (χ4v) is 4.63. The number of hydrazine groups is 1. The third kappa shape index (κ3) is 9.17. The minimum absolute atomic E-state index is 0.0818. The number of nitrogens with one attached hydrogen (secondary N) is 1. The Kier molecular flexibility index (Phi) is 10.5. The smallest absolute Gasteiger partial charge is 0.435 e. The molecular formula is C28H33F3N6O7S. The van der Waals surface area contributed by atoms with Crippen LogP contribution in [-0.2, 0) is 35.4 Å². The molecule has 1 N–H and O–H groups in total. The molecule has 17 heteroatoms. The number of amides is 1. The van der Waals surface area contributed by atoms with Crippen LogP contribution in [0.3, 0.4) is 0 Å². The monoisotopic (exact) mass is 654 g/mol. The highest BCUT2D eigenvalue weighted by Gasteiger charge is 2.35. The minimum atomic E-state index is -4.72. The number of rotatable bonds is 11. The molecule has 0 radical (unpaired) electrons. The van der Waals surface area contributed by atoms with E-state index in [0.717, 1.165) is 33.5 Å². The molecule has 3 rings (SSSR count). The fourth-order valence-electron chi connectivity index (χ4n) is 3.66. The number of aryl methyl sites for hydroxylation is 1. The highest BCUT2D eigenvalue weighted by Crippen LogP contribution is 2.33. The normalized spacial score (nSPS) is 12.6. The van der Waals surface area contributed by atoms with Gasteiger partial charge in [0.2, 0.25) is 5.28 Å². The van der Waals surface area contributed by atoms with Gasteiger partial charge in [-0.3, -0.25) is 9.59 Å². The lowest BCUT2D eigenvalue weighted by Crippen LogP contribution is -2.45. The van der Waals surface area contributed by atoms with E-state index >= 15 is 0 Å². The zero-order valence-corrected chi connectivity index (χ0v) is 26.1. The Morgan fingerprint density at radius 2 is 1.69 bits per heavy atom. The van der Waals surface area contributed by atoms with E-state index in [0.29, 0.717) is 5.56 Å². The van der Waals surface area contributed by atoms with E-state index in [1.807, 2.05) is 11.6 Å². The molecular weight excluding hydrogens is 621 g/mol. The highest BCUT2D eigenvalue weighted by molar-refractivity contribution is 7.90. The van der Waals surface area contributed by atoms with Crippen LogP contribution in [0.15, 0.2) is 64.8 Å². The van der Waals surface area contributed by atoms with E-state index in [1.54, 1.807) is 45.0 Å². The van der Waals surface area contributed by atoms with Gasteiger partial charge >= 0.3 is 12.1 Å². The molecule has 0 unspecified atom stereocenters. The Balaban J connectivity index is 1.75. The average molecular weight is 655 g/mol. The molecule has 244 valence electrons. The van der Waals surface area contributed by atoms with Gasteiger partial charge in [-0.25, -0.2) is 17.8 Å². The van der Waals surface area contributed by atoms with E-state index in [1.165, 1.54) is 26.0 Å². The summed E-state index contributed by atoms with van der Waals surface area (Å²) < 4.78 is 74.0. The summed E-state index contributed by atoms with van der Waals surface area (Å²) in [5.41, 5.74) is -0.323. The first-order valence-electron chi connectivity index (χ1n) is 13.4. The van der Waals surface area contributed by atoms with Crippen molar-refractivity contribution in [1.82, 2.24) is 19.5 Å². The van der Waals surface area contributed by atoms with Crippen LogP contribution in [0.2, 0.25) is 0 Å². The number of benzene rings is 2. The van der Waals surface area contributed by atoms with Crippen molar-refractivity contribution >= 4 is 21.9 Å². The van der Waals surface area contributed by atoms with Gasteiger partial charge < -0.3 is 14.8 Å². The first kappa shape index (κ1) is 34.8. The molecule has 0 saturated carbocycles. The molecule has 0 aliphatic carbocycles. The van der Waals surface area contributed by atoms with Crippen LogP contribution in [0.1, 0.15) is 45.9 Å². The number of hydrogen-bond donors (Lipinski definition) is 1. The number of esters is 1. The molecule has 0 spiro atoms. The molecule has 13 nitrogen and oxygen atoms in total. The molecule has 1 heterocycles. The summed E-state index contributed by atoms with van der Waals surface area (Å²) in [6.45, 7) is 8.32. The Hall–Kier alpha value is -4.67. The molecule has 0 saturated heterocycles. The molecule has 0 aliphatic heterocycles. The summed E-state index contributed by atoms with van der Waals surface area (Å²) >= 11 is 0. The molecule has 3 aromatic rings. The van der Waals surface area contributed by atoms with Crippen LogP contribution in [0, 0.1) is 17.5 Å². The number of halogens is 3. The van der Waals surface area contributed by atoms with Gasteiger partial charge in [0.25, 0.3) is 22.7 Å². The summed E-state index contributed by atoms with van der Waals surface area (Å²) in [7, 11) is -4.46. The zero-order chi connectivity index (χ0) is 33.7. The van der Waals surface area contributed by atoms with Gasteiger partial charge in [0.15, 0.2) is 12.2 Å². The molecule has 0 atom stereocenters. The van der Waals surface area contributed by atoms with E-state index in [2.05, 4.69) is 15.2 Å². The molecule has 0 fully saturated rings. The van der Waals surface area contributed by atoms with Crippen LogP contribution >= 0.6 is 0 Å². The maximum absolute atomic E-state index is 13.5. The maximum atomic E-state index is 13.5. The number of sulfonamides is 1. The van der Waals surface area contributed by atoms with Crippen molar-refractivity contribution in [3.8, 4) is 16.9 Å². The third-order valence-electron chi connectivity index (χ3n) is 6.09. The lowest BCUT2D eigenvalue weighted by atomic mass is 9.98. The van der Waals surface area contributed by atoms with Crippen LogP contribution in [-0.4, -0.2) is 59.4 Å². The average Bonchev–Trinajstić information content (AvgIpc) is 3.40. The predicted molar refractivity (Wildman–Crippen MR) is 153 cm³/mol. The lowest BCUT2D eigenvalue weighted by molar-refractivity contribution is -0.715. The second kappa shape index (κ2) is 13.5. The molecule has 0 bridgehead atoms. The Morgan fingerprint density at radius 3 is 2.22 bits per heavy atom. The first-order valence-corrected chi connectivity index (χ1v) is 14.9. The Morgan fingerprint density at radius 1 is 1.09 bits per heavy atom. The second-order valence-electron chi connectivity index (χ2n) is 11.2. The Bertz CT molecular complexity index is 1650. The molecule has 1 amide bonds. The van der Waals surface area contributed by atoms with Crippen molar-refractivity contribution in [2.24, 2.45) is 10.7 Å². The van der Waals surface area contributed by atoms with Gasteiger partial charge in [-0.05, 0) is 71.9 Å². The van der Waals surface area contributed by atoms with Crippen LogP contribution in [0.5, 0.6) is 0 Å². The minimum Gasteiger partial charge on any atom is -0.569 e. The molecule has 45 heavy (non-hydrogen) atoms. The molecule has 1 aromatic heterocycles. The van der Waals surface area contributed by atoms with Crippen molar-refractivity contribution in [2.75, 3.05) is 13.3 Å². The van der Waals surface area contributed by atoms with Gasteiger partial charge in [-0.1, -0.05) is 29.8 Å².